The van der Waals surface area contributed by atoms with Crippen molar-refractivity contribution in [3.63, 3.8) is 0 Å². The normalized spacial score (nSPS) is 10.3. The highest BCUT2D eigenvalue weighted by Crippen LogP contribution is 2.05. The number of hydrogen-bond donors (Lipinski definition) is 0. The topological polar surface area (TPSA) is 68.0 Å². The highest BCUT2D eigenvalue weighted by Gasteiger charge is 2.02. The van der Waals surface area contributed by atoms with Gasteiger partial charge in [-0.1, -0.05) is 13.8 Å². The number of nitriles is 1. The van der Waals surface area contributed by atoms with Crippen LogP contribution in [0.3, 0.4) is 0 Å². The average molecular weight is 235 g/mol. The maximum absolute atomic E-state index is 8.74. The molecule has 1 heterocycles. The van der Waals surface area contributed by atoms with Gasteiger partial charge in [0.25, 0.3) is 0 Å². The third-order valence-electron chi connectivity index (χ3n) is 1.86. The second-order valence-corrected chi connectivity index (χ2v) is 4.11. The predicted octanol–water partition coefficient (Wildman–Crippen LogP) is 1.71. The van der Waals surface area contributed by atoms with E-state index in [2.05, 4.69) is 23.8 Å². The Balaban J connectivity index is 2.37. The molecule has 0 unspecified atom stereocenters. The summed E-state index contributed by atoms with van der Waals surface area (Å²) in [5.74, 6) is 0.510. The lowest BCUT2D eigenvalue weighted by Gasteiger charge is -2.07. The molecule has 0 radical (unpaired) electrons. The standard InChI is InChI=1S/C12H17N3O2/c1-9(2)8-16-4-5-17-12-14-10(3)6-11(7-13)15-12/h6,9H,4-5,8H2,1-3H3. The van der Waals surface area contributed by atoms with E-state index in [0.29, 0.717) is 31.4 Å². The van der Waals surface area contributed by atoms with Crippen LogP contribution in [0.4, 0.5) is 0 Å². The molecule has 0 aromatic carbocycles. The van der Waals surface area contributed by atoms with E-state index in [9.17, 15) is 0 Å². The fourth-order valence-corrected chi connectivity index (χ4v) is 1.17. The van der Waals surface area contributed by atoms with Gasteiger partial charge >= 0.3 is 6.01 Å². The summed E-state index contributed by atoms with van der Waals surface area (Å²) >= 11 is 0. The van der Waals surface area contributed by atoms with Crippen molar-refractivity contribution in [1.29, 1.82) is 5.26 Å². The van der Waals surface area contributed by atoms with Crippen LogP contribution in [0.2, 0.25) is 0 Å². The Bertz CT molecular complexity index is 399. The maximum Gasteiger partial charge on any atom is 0.317 e. The minimum atomic E-state index is 0.231. The summed E-state index contributed by atoms with van der Waals surface area (Å²) in [7, 11) is 0. The Hall–Kier alpha value is -1.67. The molecule has 0 N–H and O–H groups in total. The Morgan fingerprint density at radius 3 is 2.76 bits per heavy atom. The van der Waals surface area contributed by atoms with E-state index in [1.54, 1.807) is 13.0 Å². The summed E-state index contributed by atoms with van der Waals surface area (Å²) in [6.07, 6.45) is 0. The first kappa shape index (κ1) is 13.4. The zero-order chi connectivity index (χ0) is 12.7. The summed E-state index contributed by atoms with van der Waals surface area (Å²) in [5.41, 5.74) is 1.03. The summed E-state index contributed by atoms with van der Waals surface area (Å²) in [6.45, 7) is 7.57. The first-order chi connectivity index (χ1) is 8.11. The largest absolute Gasteiger partial charge is 0.461 e. The summed E-state index contributed by atoms with van der Waals surface area (Å²) < 4.78 is 10.7. The van der Waals surface area contributed by atoms with E-state index < -0.39 is 0 Å². The molecule has 17 heavy (non-hydrogen) atoms. The molecular weight excluding hydrogens is 218 g/mol. The van der Waals surface area contributed by atoms with E-state index in [0.717, 1.165) is 5.69 Å². The van der Waals surface area contributed by atoms with Crippen molar-refractivity contribution in [2.75, 3.05) is 19.8 Å². The monoisotopic (exact) mass is 235 g/mol. The highest BCUT2D eigenvalue weighted by atomic mass is 16.5. The second kappa shape index (κ2) is 6.81. The maximum atomic E-state index is 8.74. The SMILES string of the molecule is Cc1cc(C#N)nc(OCCOCC(C)C)n1. The molecule has 92 valence electrons. The Kier molecular flexibility index (Phi) is 5.37. The molecule has 0 saturated heterocycles. The van der Waals surface area contributed by atoms with Gasteiger partial charge in [-0.25, -0.2) is 4.98 Å². The molecule has 0 bridgehead atoms. The number of ether oxygens (including phenoxy) is 2. The van der Waals surface area contributed by atoms with Gasteiger partial charge in [-0.2, -0.15) is 10.2 Å². The molecule has 0 aliphatic heterocycles. The van der Waals surface area contributed by atoms with Gasteiger partial charge in [0.2, 0.25) is 0 Å². The first-order valence-corrected chi connectivity index (χ1v) is 5.58. The van der Waals surface area contributed by atoms with Gasteiger partial charge < -0.3 is 9.47 Å². The van der Waals surface area contributed by atoms with Crippen LogP contribution in [0.25, 0.3) is 0 Å². The zero-order valence-electron chi connectivity index (χ0n) is 10.4. The first-order valence-electron chi connectivity index (χ1n) is 5.58. The molecule has 0 atom stereocenters. The van der Waals surface area contributed by atoms with Crippen molar-refractivity contribution < 1.29 is 9.47 Å². The summed E-state index contributed by atoms with van der Waals surface area (Å²) in [4.78, 5) is 8.01. The molecule has 0 spiro atoms. The van der Waals surface area contributed by atoms with E-state index in [1.807, 2.05) is 6.07 Å². The lowest BCUT2D eigenvalue weighted by molar-refractivity contribution is 0.0791. The van der Waals surface area contributed by atoms with Crippen LogP contribution in [0.1, 0.15) is 25.2 Å². The van der Waals surface area contributed by atoms with Crippen LogP contribution in [-0.2, 0) is 4.74 Å². The number of rotatable bonds is 6. The van der Waals surface area contributed by atoms with E-state index >= 15 is 0 Å². The molecule has 0 fully saturated rings. The second-order valence-electron chi connectivity index (χ2n) is 4.11. The van der Waals surface area contributed by atoms with Gasteiger partial charge in [-0.05, 0) is 18.9 Å². The van der Waals surface area contributed by atoms with Gasteiger partial charge in [-0.15, -0.1) is 0 Å². The Morgan fingerprint density at radius 2 is 2.12 bits per heavy atom. The van der Waals surface area contributed by atoms with Crippen molar-refractivity contribution in [3.05, 3.63) is 17.5 Å². The molecule has 1 aromatic heterocycles. The molecule has 0 aliphatic rings. The fourth-order valence-electron chi connectivity index (χ4n) is 1.17. The van der Waals surface area contributed by atoms with Crippen LogP contribution >= 0.6 is 0 Å². The third-order valence-corrected chi connectivity index (χ3v) is 1.86. The van der Waals surface area contributed by atoms with Gasteiger partial charge in [0.05, 0.1) is 6.61 Å². The molecule has 1 rings (SSSR count). The van der Waals surface area contributed by atoms with Crippen LogP contribution in [0.5, 0.6) is 6.01 Å². The Morgan fingerprint density at radius 1 is 1.35 bits per heavy atom. The molecule has 0 amide bonds. The molecule has 5 heteroatoms. The zero-order valence-corrected chi connectivity index (χ0v) is 10.4. The predicted molar refractivity (Wildman–Crippen MR) is 62.6 cm³/mol. The quantitative estimate of drug-likeness (QED) is 0.702. The lowest BCUT2D eigenvalue weighted by atomic mass is 10.2. The van der Waals surface area contributed by atoms with Gasteiger partial charge in [0, 0.05) is 12.3 Å². The highest BCUT2D eigenvalue weighted by molar-refractivity contribution is 5.23. The number of hydrogen-bond acceptors (Lipinski definition) is 5. The van der Waals surface area contributed by atoms with E-state index in [-0.39, 0.29) is 6.01 Å². The third kappa shape index (κ3) is 5.27. The van der Waals surface area contributed by atoms with Crippen molar-refractivity contribution in [2.24, 2.45) is 5.92 Å². The van der Waals surface area contributed by atoms with Crippen LogP contribution in [-0.4, -0.2) is 29.8 Å². The van der Waals surface area contributed by atoms with Crippen molar-refractivity contribution in [2.45, 2.75) is 20.8 Å². The smallest absolute Gasteiger partial charge is 0.317 e. The molecule has 5 nitrogen and oxygen atoms in total. The summed E-state index contributed by atoms with van der Waals surface area (Å²) in [5, 5.41) is 8.74. The van der Waals surface area contributed by atoms with E-state index in [1.165, 1.54) is 0 Å². The fraction of sp³-hybridized carbons (Fsp3) is 0.583. The van der Waals surface area contributed by atoms with Crippen LogP contribution in [0.15, 0.2) is 6.07 Å². The lowest BCUT2D eigenvalue weighted by Crippen LogP contribution is -2.11. The molecule has 1 aromatic rings. The van der Waals surface area contributed by atoms with Gasteiger partial charge in [0.1, 0.15) is 18.4 Å². The minimum Gasteiger partial charge on any atom is -0.461 e. The van der Waals surface area contributed by atoms with Gasteiger partial charge in [-0.3, -0.25) is 0 Å². The number of nitrogens with zero attached hydrogens (tertiary/aromatic N) is 3. The Labute approximate surface area is 101 Å². The molecule has 0 saturated carbocycles. The number of aryl methyl sites for hydroxylation is 1. The minimum absolute atomic E-state index is 0.231. The van der Waals surface area contributed by atoms with Crippen molar-refractivity contribution in [1.82, 2.24) is 9.97 Å². The van der Waals surface area contributed by atoms with Crippen molar-refractivity contribution in [3.8, 4) is 12.1 Å². The average Bonchev–Trinajstić information content (AvgIpc) is 2.27. The molecule has 0 aliphatic carbocycles. The van der Waals surface area contributed by atoms with Crippen molar-refractivity contribution >= 4 is 0 Å². The van der Waals surface area contributed by atoms with Crippen LogP contribution in [0, 0.1) is 24.2 Å². The van der Waals surface area contributed by atoms with Crippen LogP contribution < -0.4 is 4.74 Å². The summed E-state index contributed by atoms with van der Waals surface area (Å²) in [6, 6.07) is 3.81. The molecular formula is C12H17N3O2. The number of aromatic nitrogens is 2. The van der Waals surface area contributed by atoms with E-state index in [4.69, 9.17) is 14.7 Å². The van der Waals surface area contributed by atoms with Gasteiger partial charge in [0.15, 0.2) is 0 Å².